The monoisotopic (exact) mass is 142 g/mol. The fourth-order valence-corrected chi connectivity index (χ4v) is 0.480. The first kappa shape index (κ1) is 9.17. The van der Waals surface area contributed by atoms with E-state index in [9.17, 15) is 0 Å². The number of nitrogens with two attached hydrogens (primary N) is 1. The minimum atomic E-state index is 0.210. The Labute approximate surface area is 61.5 Å². The maximum atomic E-state index is 4.95. The molecule has 0 radical (unpaired) electrons. The molecule has 0 aliphatic rings. The zero-order valence-electron chi connectivity index (χ0n) is 6.72. The van der Waals surface area contributed by atoms with Crippen LogP contribution in [0.25, 0.3) is 0 Å². The third-order valence-electron chi connectivity index (χ3n) is 0.916. The van der Waals surface area contributed by atoms with Crippen LogP contribution >= 0.6 is 0 Å². The Morgan fingerprint density at radius 2 is 2.10 bits per heavy atom. The molecule has 2 N–H and O–H groups in total. The summed E-state index contributed by atoms with van der Waals surface area (Å²) in [5.41, 5.74) is 0.703. The van der Waals surface area contributed by atoms with Crippen molar-refractivity contribution in [2.45, 2.75) is 20.8 Å². The Bertz CT molecular complexity index is 150. The molecule has 58 valence electrons. The second-order valence-electron chi connectivity index (χ2n) is 2.46. The molecule has 0 saturated heterocycles. The van der Waals surface area contributed by atoms with Crippen LogP contribution in [0.15, 0.2) is 17.3 Å². The molecule has 0 fully saturated rings. The van der Waals surface area contributed by atoms with Crippen LogP contribution in [-0.4, -0.2) is 5.90 Å². The van der Waals surface area contributed by atoms with Crippen LogP contribution in [0.5, 0.6) is 0 Å². The van der Waals surface area contributed by atoms with Crippen LogP contribution < -0.4 is 5.90 Å². The first-order valence-corrected chi connectivity index (χ1v) is 3.18. The van der Waals surface area contributed by atoms with E-state index in [1.165, 1.54) is 0 Å². The summed E-state index contributed by atoms with van der Waals surface area (Å²) in [6.45, 7) is 9.30. The number of nitrogens with zero attached hydrogens (tertiary/aromatic N) is 1. The first-order chi connectivity index (χ1) is 4.57. The zero-order valence-corrected chi connectivity index (χ0v) is 6.72. The Morgan fingerprint density at radius 3 is 2.20 bits per heavy atom. The van der Waals surface area contributed by atoms with Crippen LogP contribution in [0, 0.1) is 5.92 Å². The van der Waals surface area contributed by atoms with E-state index in [4.69, 9.17) is 5.90 Å². The summed E-state index contributed by atoms with van der Waals surface area (Å²) in [6, 6.07) is 0. The van der Waals surface area contributed by atoms with E-state index in [0.717, 1.165) is 0 Å². The topological polar surface area (TPSA) is 47.6 Å². The van der Waals surface area contributed by atoms with Crippen LogP contribution in [0.2, 0.25) is 0 Å². The van der Waals surface area contributed by atoms with Crippen LogP contribution in [-0.2, 0) is 4.84 Å². The van der Waals surface area contributed by atoms with Gasteiger partial charge in [0.15, 0.2) is 0 Å². The van der Waals surface area contributed by atoms with Gasteiger partial charge in [0.05, 0.1) is 0 Å². The molecular formula is C7H14N2O. The van der Waals surface area contributed by atoms with Crippen molar-refractivity contribution in [2.24, 2.45) is 16.8 Å². The second-order valence-corrected chi connectivity index (χ2v) is 2.46. The molecular weight excluding hydrogens is 128 g/mol. The molecule has 0 bridgehead atoms. The Morgan fingerprint density at radius 1 is 1.60 bits per heavy atom. The SMILES string of the molecule is C=C(C)/N=C(\ON)C(C)C. The quantitative estimate of drug-likeness (QED) is 0.360. The van der Waals surface area contributed by atoms with Gasteiger partial charge in [0.2, 0.25) is 5.90 Å². The highest BCUT2D eigenvalue weighted by atomic mass is 16.6. The van der Waals surface area contributed by atoms with E-state index in [1.807, 2.05) is 13.8 Å². The highest BCUT2D eigenvalue weighted by Gasteiger charge is 2.03. The van der Waals surface area contributed by atoms with Gasteiger partial charge in [-0.25, -0.2) is 4.99 Å². The van der Waals surface area contributed by atoms with Crippen molar-refractivity contribution in [1.29, 1.82) is 0 Å². The molecule has 0 unspecified atom stereocenters. The van der Waals surface area contributed by atoms with Gasteiger partial charge in [-0.3, -0.25) is 0 Å². The summed E-state index contributed by atoms with van der Waals surface area (Å²) in [5, 5.41) is 0. The average Bonchev–Trinajstić information content (AvgIpc) is 1.81. The average molecular weight is 142 g/mol. The third kappa shape index (κ3) is 3.25. The second kappa shape index (κ2) is 4.06. The number of hydrogen-bond donors (Lipinski definition) is 1. The lowest BCUT2D eigenvalue weighted by molar-refractivity contribution is 0.299. The predicted molar refractivity (Wildman–Crippen MR) is 42.4 cm³/mol. The maximum Gasteiger partial charge on any atom is 0.216 e. The summed E-state index contributed by atoms with van der Waals surface area (Å²) in [6.07, 6.45) is 0. The van der Waals surface area contributed by atoms with E-state index < -0.39 is 0 Å². The smallest absolute Gasteiger partial charge is 0.216 e. The molecule has 0 atom stereocenters. The van der Waals surface area contributed by atoms with Gasteiger partial charge in [0.1, 0.15) is 0 Å². The Balaban J connectivity index is 4.18. The van der Waals surface area contributed by atoms with Crippen molar-refractivity contribution < 1.29 is 4.84 Å². The first-order valence-electron chi connectivity index (χ1n) is 3.18. The molecule has 3 nitrogen and oxygen atoms in total. The third-order valence-corrected chi connectivity index (χ3v) is 0.916. The van der Waals surface area contributed by atoms with Crippen molar-refractivity contribution in [3.05, 3.63) is 12.3 Å². The van der Waals surface area contributed by atoms with Gasteiger partial charge in [0, 0.05) is 11.6 Å². The number of rotatable bonds is 2. The lowest BCUT2D eigenvalue weighted by atomic mass is 10.2. The number of aliphatic imine (C=N–C) groups is 1. The van der Waals surface area contributed by atoms with E-state index in [1.54, 1.807) is 6.92 Å². The summed E-state index contributed by atoms with van der Waals surface area (Å²) in [5.74, 6) is 5.68. The molecule has 0 aromatic rings. The summed E-state index contributed by atoms with van der Waals surface area (Å²) in [7, 11) is 0. The molecule has 0 aliphatic carbocycles. The highest BCUT2D eigenvalue weighted by molar-refractivity contribution is 5.78. The van der Waals surface area contributed by atoms with Gasteiger partial charge >= 0.3 is 0 Å². The molecule has 0 heterocycles. The van der Waals surface area contributed by atoms with Gasteiger partial charge in [-0.15, -0.1) is 0 Å². The number of hydrogen-bond acceptors (Lipinski definition) is 3. The minimum Gasteiger partial charge on any atom is -0.396 e. The number of allylic oxidation sites excluding steroid dienone is 1. The van der Waals surface area contributed by atoms with E-state index >= 15 is 0 Å². The standard InChI is InChI=1S/C7H14N2O/c1-5(2)7(10-8)9-6(3)4/h5H,3,8H2,1-2,4H3/b9-7-. The van der Waals surface area contributed by atoms with E-state index in [2.05, 4.69) is 16.4 Å². The van der Waals surface area contributed by atoms with Gasteiger partial charge in [0.25, 0.3) is 0 Å². The molecule has 0 rings (SSSR count). The van der Waals surface area contributed by atoms with Crippen molar-refractivity contribution in [1.82, 2.24) is 0 Å². The Kier molecular flexibility index (Phi) is 3.72. The lowest BCUT2D eigenvalue weighted by Gasteiger charge is -2.05. The van der Waals surface area contributed by atoms with Crippen molar-refractivity contribution in [3.8, 4) is 0 Å². The summed E-state index contributed by atoms with van der Waals surface area (Å²) >= 11 is 0. The zero-order chi connectivity index (χ0) is 8.15. The Hall–Kier alpha value is -0.830. The van der Waals surface area contributed by atoms with Crippen molar-refractivity contribution in [2.75, 3.05) is 0 Å². The molecule has 0 aliphatic heterocycles. The predicted octanol–water partition coefficient (Wildman–Crippen LogP) is 1.46. The van der Waals surface area contributed by atoms with Gasteiger partial charge in [-0.1, -0.05) is 20.4 Å². The van der Waals surface area contributed by atoms with Crippen LogP contribution in [0.4, 0.5) is 0 Å². The molecule has 0 amide bonds. The van der Waals surface area contributed by atoms with E-state index in [0.29, 0.717) is 11.6 Å². The largest absolute Gasteiger partial charge is 0.396 e. The highest BCUT2D eigenvalue weighted by Crippen LogP contribution is 2.00. The van der Waals surface area contributed by atoms with E-state index in [-0.39, 0.29) is 5.92 Å². The molecule has 0 aromatic carbocycles. The molecule has 0 spiro atoms. The lowest BCUT2D eigenvalue weighted by Crippen LogP contribution is -2.16. The fourth-order valence-electron chi connectivity index (χ4n) is 0.480. The van der Waals surface area contributed by atoms with Crippen molar-refractivity contribution in [3.63, 3.8) is 0 Å². The molecule has 0 aromatic heterocycles. The van der Waals surface area contributed by atoms with Crippen LogP contribution in [0.3, 0.4) is 0 Å². The van der Waals surface area contributed by atoms with Gasteiger partial charge < -0.3 is 4.84 Å². The summed E-state index contributed by atoms with van der Waals surface area (Å²) < 4.78 is 0. The summed E-state index contributed by atoms with van der Waals surface area (Å²) in [4.78, 5) is 8.48. The molecule has 0 saturated carbocycles. The van der Waals surface area contributed by atoms with Crippen molar-refractivity contribution >= 4 is 5.90 Å². The maximum absolute atomic E-state index is 4.95. The normalized spacial score (nSPS) is 11.9. The minimum absolute atomic E-state index is 0.210. The molecule has 3 heteroatoms. The molecule has 10 heavy (non-hydrogen) atoms. The van der Waals surface area contributed by atoms with Gasteiger partial charge in [-0.2, -0.15) is 5.90 Å². The van der Waals surface area contributed by atoms with Gasteiger partial charge in [-0.05, 0) is 6.92 Å². The van der Waals surface area contributed by atoms with Crippen LogP contribution in [0.1, 0.15) is 20.8 Å². The fraction of sp³-hybridized carbons (Fsp3) is 0.571.